The summed E-state index contributed by atoms with van der Waals surface area (Å²) in [6.07, 6.45) is 1.02. The van der Waals surface area contributed by atoms with Gasteiger partial charge in [0.25, 0.3) is 0 Å². The Bertz CT molecular complexity index is 606. The summed E-state index contributed by atoms with van der Waals surface area (Å²) >= 11 is 5.33. The fourth-order valence-corrected chi connectivity index (χ4v) is 4.04. The molecule has 1 aliphatic rings. The van der Waals surface area contributed by atoms with E-state index in [2.05, 4.69) is 12.2 Å². The second kappa shape index (κ2) is 7.39. The molecule has 0 unspecified atom stereocenters. The van der Waals surface area contributed by atoms with Crippen molar-refractivity contribution < 1.29 is 8.42 Å². The molecule has 1 aromatic rings. The van der Waals surface area contributed by atoms with E-state index in [-0.39, 0.29) is 0 Å². The van der Waals surface area contributed by atoms with E-state index in [0.717, 1.165) is 18.5 Å². The summed E-state index contributed by atoms with van der Waals surface area (Å²) in [6.45, 7) is 7.05. The van der Waals surface area contributed by atoms with Crippen LogP contribution in [-0.2, 0) is 10.0 Å². The number of sulfonamides is 1. The average molecular weight is 342 g/mol. The number of hydrogen-bond acceptors (Lipinski definition) is 3. The van der Waals surface area contributed by atoms with Crippen LogP contribution in [0.2, 0.25) is 0 Å². The van der Waals surface area contributed by atoms with Gasteiger partial charge >= 0.3 is 0 Å². The summed E-state index contributed by atoms with van der Waals surface area (Å²) in [4.78, 5) is 2.39. The van der Waals surface area contributed by atoms with Crippen LogP contribution in [0.1, 0.15) is 18.9 Å². The largest absolute Gasteiger partial charge is 0.363 e. The standard InChI is InChI=1S/C15H23N3O2S2/c1-3-8-16-15(21)17-9-11-18(12-10-17)22(19,20)14-6-4-13(2)5-7-14/h4-7H,3,8-12H2,1-2H3,(H,16,21). The minimum absolute atomic E-state index is 0.359. The van der Waals surface area contributed by atoms with Crippen molar-refractivity contribution in [1.82, 2.24) is 14.5 Å². The molecule has 22 heavy (non-hydrogen) atoms. The second-order valence-electron chi connectivity index (χ2n) is 5.44. The molecule has 2 rings (SSSR count). The van der Waals surface area contributed by atoms with Gasteiger partial charge in [-0.1, -0.05) is 24.6 Å². The molecule has 1 N–H and O–H groups in total. The molecular weight excluding hydrogens is 318 g/mol. The van der Waals surface area contributed by atoms with Gasteiger partial charge in [-0.25, -0.2) is 8.42 Å². The normalized spacial score (nSPS) is 16.5. The first-order valence-electron chi connectivity index (χ1n) is 7.54. The topological polar surface area (TPSA) is 52.6 Å². The summed E-state index contributed by atoms with van der Waals surface area (Å²) in [6, 6.07) is 6.99. The summed E-state index contributed by atoms with van der Waals surface area (Å²) in [7, 11) is -3.40. The van der Waals surface area contributed by atoms with Crippen LogP contribution >= 0.6 is 12.2 Å². The number of thiocarbonyl (C=S) groups is 1. The van der Waals surface area contributed by atoms with Gasteiger partial charge in [-0.3, -0.25) is 0 Å². The minimum Gasteiger partial charge on any atom is -0.363 e. The SMILES string of the molecule is CCCNC(=S)N1CCN(S(=O)(=O)c2ccc(C)cc2)CC1. The number of rotatable bonds is 4. The molecule has 0 aromatic heterocycles. The van der Waals surface area contributed by atoms with Crippen molar-refractivity contribution in [2.75, 3.05) is 32.7 Å². The zero-order chi connectivity index (χ0) is 16.2. The fraction of sp³-hybridized carbons (Fsp3) is 0.533. The molecule has 1 heterocycles. The molecule has 0 atom stereocenters. The maximum absolute atomic E-state index is 12.6. The Morgan fingerprint density at radius 2 is 1.77 bits per heavy atom. The lowest BCUT2D eigenvalue weighted by atomic mass is 10.2. The molecular formula is C15H23N3O2S2. The van der Waals surface area contributed by atoms with Crippen molar-refractivity contribution in [3.63, 3.8) is 0 Å². The predicted octanol–water partition coefficient (Wildman–Crippen LogP) is 1.59. The highest BCUT2D eigenvalue weighted by atomic mass is 32.2. The lowest BCUT2D eigenvalue weighted by Crippen LogP contribution is -2.53. The van der Waals surface area contributed by atoms with Gasteiger partial charge in [0.2, 0.25) is 10.0 Å². The van der Waals surface area contributed by atoms with Crippen LogP contribution in [0, 0.1) is 6.92 Å². The Morgan fingerprint density at radius 1 is 1.18 bits per heavy atom. The molecule has 1 aromatic carbocycles. The molecule has 1 saturated heterocycles. The molecule has 0 aliphatic carbocycles. The van der Waals surface area contributed by atoms with Crippen molar-refractivity contribution in [2.45, 2.75) is 25.2 Å². The van der Waals surface area contributed by atoms with E-state index < -0.39 is 10.0 Å². The molecule has 0 bridgehead atoms. The first kappa shape index (κ1) is 17.2. The fourth-order valence-electron chi connectivity index (χ4n) is 2.33. The Morgan fingerprint density at radius 3 is 2.32 bits per heavy atom. The van der Waals surface area contributed by atoms with Crippen LogP contribution < -0.4 is 5.32 Å². The van der Waals surface area contributed by atoms with Crippen LogP contribution in [0.3, 0.4) is 0 Å². The van der Waals surface area contributed by atoms with Gasteiger partial charge in [0.05, 0.1) is 4.90 Å². The maximum atomic E-state index is 12.6. The van der Waals surface area contributed by atoms with E-state index in [1.165, 1.54) is 4.31 Å². The highest BCUT2D eigenvalue weighted by molar-refractivity contribution is 7.89. The third-order valence-corrected chi connectivity index (χ3v) is 6.03. The number of nitrogens with one attached hydrogen (secondary N) is 1. The predicted molar refractivity (Wildman–Crippen MR) is 92.4 cm³/mol. The van der Waals surface area contributed by atoms with Crippen LogP contribution in [0.15, 0.2) is 29.2 Å². The highest BCUT2D eigenvalue weighted by Crippen LogP contribution is 2.18. The zero-order valence-electron chi connectivity index (χ0n) is 13.1. The van der Waals surface area contributed by atoms with Crippen molar-refractivity contribution >= 4 is 27.4 Å². The first-order valence-corrected chi connectivity index (χ1v) is 9.39. The van der Waals surface area contributed by atoms with Crippen LogP contribution in [0.25, 0.3) is 0 Å². The first-order chi connectivity index (χ1) is 10.4. The number of nitrogens with zero attached hydrogens (tertiary/aromatic N) is 2. The van der Waals surface area contributed by atoms with Gasteiger partial charge in [0, 0.05) is 32.7 Å². The van der Waals surface area contributed by atoms with Crippen LogP contribution in [0.5, 0.6) is 0 Å². The second-order valence-corrected chi connectivity index (χ2v) is 7.76. The van der Waals surface area contributed by atoms with E-state index in [1.54, 1.807) is 12.1 Å². The monoisotopic (exact) mass is 341 g/mol. The van der Waals surface area contributed by atoms with E-state index >= 15 is 0 Å². The summed E-state index contributed by atoms with van der Waals surface area (Å²) < 4.78 is 26.8. The third kappa shape index (κ3) is 3.97. The number of hydrogen-bond donors (Lipinski definition) is 1. The van der Waals surface area contributed by atoms with Gasteiger partial charge in [0.15, 0.2) is 5.11 Å². The number of piperazine rings is 1. The third-order valence-electron chi connectivity index (χ3n) is 3.71. The van der Waals surface area contributed by atoms with E-state index in [9.17, 15) is 8.42 Å². The maximum Gasteiger partial charge on any atom is 0.243 e. The molecule has 0 spiro atoms. The molecule has 7 heteroatoms. The Balaban J connectivity index is 1.98. The summed E-state index contributed by atoms with van der Waals surface area (Å²) in [5, 5.41) is 3.90. The average Bonchev–Trinajstić information content (AvgIpc) is 2.53. The molecule has 1 aliphatic heterocycles. The lowest BCUT2D eigenvalue weighted by Gasteiger charge is -2.35. The zero-order valence-corrected chi connectivity index (χ0v) is 14.7. The highest BCUT2D eigenvalue weighted by Gasteiger charge is 2.28. The number of benzene rings is 1. The van der Waals surface area contributed by atoms with Crippen LogP contribution in [-0.4, -0.2) is 55.5 Å². The van der Waals surface area contributed by atoms with Gasteiger partial charge < -0.3 is 10.2 Å². The van der Waals surface area contributed by atoms with Gasteiger partial charge in [-0.15, -0.1) is 0 Å². The smallest absolute Gasteiger partial charge is 0.243 e. The van der Waals surface area contributed by atoms with Gasteiger partial charge in [-0.2, -0.15) is 4.31 Å². The van der Waals surface area contributed by atoms with E-state index in [1.807, 2.05) is 24.0 Å². The molecule has 1 fully saturated rings. The lowest BCUT2D eigenvalue weighted by molar-refractivity contribution is 0.264. The number of aryl methyl sites for hydroxylation is 1. The molecule has 0 amide bonds. The van der Waals surface area contributed by atoms with E-state index in [0.29, 0.717) is 36.2 Å². The molecule has 0 radical (unpaired) electrons. The van der Waals surface area contributed by atoms with Crippen molar-refractivity contribution in [3.8, 4) is 0 Å². The van der Waals surface area contributed by atoms with E-state index in [4.69, 9.17) is 12.2 Å². The quantitative estimate of drug-likeness (QED) is 0.843. The minimum atomic E-state index is -3.40. The summed E-state index contributed by atoms with van der Waals surface area (Å²) in [5.41, 5.74) is 1.05. The Kier molecular flexibility index (Phi) is 5.77. The van der Waals surface area contributed by atoms with Gasteiger partial charge in [-0.05, 0) is 37.7 Å². The Hall–Kier alpha value is -1.18. The van der Waals surface area contributed by atoms with Crippen molar-refractivity contribution in [1.29, 1.82) is 0 Å². The van der Waals surface area contributed by atoms with Crippen LogP contribution in [0.4, 0.5) is 0 Å². The molecule has 122 valence electrons. The van der Waals surface area contributed by atoms with Gasteiger partial charge in [0.1, 0.15) is 0 Å². The summed E-state index contributed by atoms with van der Waals surface area (Å²) in [5.74, 6) is 0. The van der Waals surface area contributed by atoms with Crippen molar-refractivity contribution in [2.24, 2.45) is 0 Å². The Labute approximate surface area is 138 Å². The molecule has 5 nitrogen and oxygen atoms in total. The molecule has 0 saturated carbocycles. The van der Waals surface area contributed by atoms with Crippen molar-refractivity contribution in [3.05, 3.63) is 29.8 Å².